The average molecular weight is 356 g/mol. The zero-order valence-corrected chi connectivity index (χ0v) is 13.5. The fourth-order valence-electron chi connectivity index (χ4n) is 2.30. The number of hydrogen-bond acceptors (Lipinski definition) is 6. The molecule has 1 aliphatic rings. The standard InChI is InChI=1S/C13H14BN3O4S.ClH/c15-9-2-4-13(12(16)5-9)22(19,20)17-10-3-1-8-7-21-14(18)11(8)6-10;/h1-6,17-18H,7,15-16H2;1H. The molecule has 0 bridgehead atoms. The lowest BCUT2D eigenvalue weighted by atomic mass is 9.79. The van der Waals surface area contributed by atoms with E-state index >= 15 is 0 Å². The molecule has 0 fully saturated rings. The monoisotopic (exact) mass is 355 g/mol. The Bertz CT molecular complexity index is 847. The van der Waals surface area contributed by atoms with Crippen molar-refractivity contribution in [3.05, 3.63) is 42.0 Å². The van der Waals surface area contributed by atoms with Gasteiger partial charge in [-0.15, -0.1) is 12.4 Å². The summed E-state index contributed by atoms with van der Waals surface area (Å²) >= 11 is 0. The molecule has 1 aliphatic heterocycles. The molecule has 23 heavy (non-hydrogen) atoms. The molecule has 0 unspecified atom stereocenters. The van der Waals surface area contributed by atoms with Gasteiger partial charge in [0.25, 0.3) is 10.0 Å². The SMILES string of the molecule is Cl.Nc1ccc(S(=O)(=O)Nc2ccc3c(c2)B(O)OC3)c(N)c1. The van der Waals surface area contributed by atoms with Crippen molar-refractivity contribution in [1.29, 1.82) is 0 Å². The van der Waals surface area contributed by atoms with Gasteiger partial charge in [0.05, 0.1) is 12.3 Å². The van der Waals surface area contributed by atoms with Crippen LogP contribution in [0.1, 0.15) is 5.56 Å². The quantitative estimate of drug-likeness (QED) is 0.463. The Morgan fingerprint density at radius 2 is 1.91 bits per heavy atom. The first-order valence-corrected chi connectivity index (χ1v) is 7.95. The number of fused-ring (bicyclic) bond motifs is 1. The molecule has 0 atom stereocenters. The Balaban J connectivity index is 0.00000192. The second kappa shape index (κ2) is 6.28. The summed E-state index contributed by atoms with van der Waals surface area (Å²) in [5.41, 5.74) is 13.4. The number of anilines is 3. The zero-order valence-electron chi connectivity index (χ0n) is 11.9. The van der Waals surface area contributed by atoms with E-state index in [1.165, 1.54) is 24.3 Å². The van der Waals surface area contributed by atoms with Gasteiger partial charge in [0.2, 0.25) is 0 Å². The van der Waals surface area contributed by atoms with Crippen LogP contribution in [0.5, 0.6) is 0 Å². The van der Waals surface area contributed by atoms with Crippen LogP contribution in [0.25, 0.3) is 0 Å². The minimum Gasteiger partial charge on any atom is -0.423 e. The predicted octanol–water partition coefficient (Wildman–Crippen LogP) is 0.291. The van der Waals surface area contributed by atoms with Gasteiger partial charge in [-0.25, -0.2) is 8.42 Å². The maximum Gasteiger partial charge on any atom is 0.491 e. The van der Waals surface area contributed by atoms with Gasteiger partial charge in [-0.2, -0.15) is 0 Å². The van der Waals surface area contributed by atoms with Crippen LogP contribution in [-0.4, -0.2) is 20.6 Å². The molecular formula is C13H15BClN3O4S. The second-order valence-electron chi connectivity index (χ2n) is 4.98. The lowest BCUT2D eigenvalue weighted by molar-refractivity contribution is 0.275. The van der Waals surface area contributed by atoms with Crippen molar-refractivity contribution in [2.24, 2.45) is 0 Å². The van der Waals surface area contributed by atoms with Gasteiger partial charge in [0.15, 0.2) is 0 Å². The van der Waals surface area contributed by atoms with E-state index < -0.39 is 17.1 Å². The molecule has 6 N–H and O–H groups in total. The van der Waals surface area contributed by atoms with E-state index in [-0.39, 0.29) is 23.0 Å². The molecule has 3 rings (SSSR count). The third-order valence-electron chi connectivity index (χ3n) is 3.38. The van der Waals surface area contributed by atoms with Gasteiger partial charge >= 0.3 is 7.12 Å². The van der Waals surface area contributed by atoms with Gasteiger partial charge < -0.3 is 21.1 Å². The molecule has 0 saturated carbocycles. The number of nitrogens with two attached hydrogens (primary N) is 2. The lowest BCUT2D eigenvalue weighted by Crippen LogP contribution is -2.28. The van der Waals surface area contributed by atoms with Crippen molar-refractivity contribution in [3.8, 4) is 0 Å². The summed E-state index contributed by atoms with van der Waals surface area (Å²) in [4.78, 5) is -0.0565. The van der Waals surface area contributed by atoms with Gasteiger partial charge in [0.1, 0.15) is 4.90 Å². The number of sulfonamides is 1. The number of hydrogen-bond donors (Lipinski definition) is 4. The Morgan fingerprint density at radius 1 is 1.17 bits per heavy atom. The summed E-state index contributed by atoms with van der Waals surface area (Å²) in [6.07, 6.45) is 0. The predicted molar refractivity (Wildman–Crippen MR) is 92.2 cm³/mol. The molecule has 7 nitrogen and oxygen atoms in total. The third kappa shape index (κ3) is 3.37. The number of benzene rings is 2. The van der Waals surface area contributed by atoms with Crippen LogP contribution in [0.2, 0.25) is 0 Å². The zero-order chi connectivity index (χ0) is 15.9. The highest BCUT2D eigenvalue weighted by molar-refractivity contribution is 7.92. The Hall–Kier alpha value is -1.94. The molecule has 2 aromatic carbocycles. The highest BCUT2D eigenvalue weighted by atomic mass is 35.5. The highest BCUT2D eigenvalue weighted by Gasteiger charge is 2.28. The Morgan fingerprint density at radius 3 is 2.61 bits per heavy atom. The smallest absolute Gasteiger partial charge is 0.423 e. The van der Waals surface area contributed by atoms with Crippen molar-refractivity contribution in [2.75, 3.05) is 16.2 Å². The van der Waals surface area contributed by atoms with Crippen LogP contribution in [-0.2, 0) is 21.3 Å². The van der Waals surface area contributed by atoms with Gasteiger partial charge in [-0.1, -0.05) is 6.07 Å². The highest BCUT2D eigenvalue weighted by Crippen LogP contribution is 2.24. The first-order chi connectivity index (χ1) is 10.4. The Labute approximate surface area is 140 Å². The maximum atomic E-state index is 12.4. The second-order valence-corrected chi connectivity index (χ2v) is 6.63. The molecule has 0 amide bonds. The maximum absolute atomic E-state index is 12.4. The van der Waals surface area contributed by atoms with Crippen LogP contribution >= 0.6 is 12.4 Å². The van der Waals surface area contributed by atoms with E-state index in [0.29, 0.717) is 23.4 Å². The largest absolute Gasteiger partial charge is 0.491 e. The summed E-state index contributed by atoms with van der Waals surface area (Å²) < 4.78 is 32.3. The molecule has 1 heterocycles. The van der Waals surface area contributed by atoms with Crippen molar-refractivity contribution < 1.29 is 18.1 Å². The summed E-state index contributed by atoms with van der Waals surface area (Å²) in [5.74, 6) is 0. The normalized spacial score (nSPS) is 13.3. The molecule has 2 aromatic rings. The van der Waals surface area contributed by atoms with E-state index in [9.17, 15) is 13.4 Å². The van der Waals surface area contributed by atoms with Crippen LogP contribution in [0.4, 0.5) is 17.1 Å². The van der Waals surface area contributed by atoms with Crippen molar-refractivity contribution in [3.63, 3.8) is 0 Å². The number of nitrogen functional groups attached to an aromatic ring is 2. The van der Waals surface area contributed by atoms with E-state index in [4.69, 9.17) is 16.1 Å². The average Bonchev–Trinajstić information content (AvgIpc) is 2.79. The fraction of sp³-hybridized carbons (Fsp3) is 0.0769. The molecule has 0 radical (unpaired) electrons. The lowest BCUT2D eigenvalue weighted by Gasteiger charge is -2.11. The van der Waals surface area contributed by atoms with Crippen molar-refractivity contribution in [1.82, 2.24) is 0 Å². The minimum atomic E-state index is -3.85. The summed E-state index contributed by atoms with van der Waals surface area (Å²) in [5, 5.41) is 9.66. The topological polar surface area (TPSA) is 128 Å². The number of nitrogens with one attached hydrogen (secondary N) is 1. The van der Waals surface area contributed by atoms with Crippen LogP contribution < -0.4 is 21.7 Å². The molecule has 0 aliphatic carbocycles. The first-order valence-electron chi connectivity index (χ1n) is 6.47. The summed E-state index contributed by atoms with van der Waals surface area (Å²) in [6, 6.07) is 9.04. The Kier molecular flexibility index (Phi) is 4.76. The molecule has 0 aromatic heterocycles. The summed E-state index contributed by atoms with van der Waals surface area (Å²) in [6.45, 7) is 0.300. The summed E-state index contributed by atoms with van der Waals surface area (Å²) in [7, 11) is -4.89. The van der Waals surface area contributed by atoms with Crippen molar-refractivity contribution >= 4 is 52.1 Å². The third-order valence-corrected chi connectivity index (χ3v) is 4.84. The number of rotatable bonds is 3. The molecule has 0 saturated heterocycles. The number of halogens is 1. The first kappa shape index (κ1) is 17.4. The van der Waals surface area contributed by atoms with E-state index in [0.717, 1.165) is 5.56 Å². The van der Waals surface area contributed by atoms with Crippen molar-refractivity contribution in [2.45, 2.75) is 11.5 Å². The van der Waals surface area contributed by atoms with Gasteiger partial charge in [-0.3, -0.25) is 4.72 Å². The van der Waals surface area contributed by atoms with Crippen LogP contribution in [0.3, 0.4) is 0 Å². The molecule has 0 spiro atoms. The van der Waals surface area contributed by atoms with Gasteiger partial charge in [-0.05, 0) is 41.4 Å². The molecule has 122 valence electrons. The van der Waals surface area contributed by atoms with E-state index in [1.54, 1.807) is 12.1 Å². The van der Waals surface area contributed by atoms with Gasteiger partial charge in [0, 0.05) is 11.4 Å². The molecule has 10 heteroatoms. The van der Waals surface area contributed by atoms with Crippen LogP contribution in [0, 0.1) is 0 Å². The van der Waals surface area contributed by atoms with E-state index in [1.807, 2.05) is 0 Å². The minimum absolute atomic E-state index is 0. The van der Waals surface area contributed by atoms with Crippen LogP contribution in [0.15, 0.2) is 41.3 Å². The molecular weight excluding hydrogens is 340 g/mol. The van der Waals surface area contributed by atoms with E-state index in [2.05, 4.69) is 4.72 Å². The fourth-order valence-corrected chi connectivity index (χ4v) is 3.46.